The molecule has 0 amide bonds. The highest BCUT2D eigenvalue weighted by molar-refractivity contribution is 6.31. The van der Waals surface area contributed by atoms with E-state index in [9.17, 15) is 4.79 Å². The molecule has 2 rings (SSSR count). The highest BCUT2D eigenvalue weighted by Gasteiger charge is 2.30. The average Bonchev–Trinajstić information content (AvgIpc) is 2.19. The third kappa shape index (κ3) is 1.72. The minimum Gasteiger partial charge on any atom is -0.489 e. The Morgan fingerprint density at radius 1 is 1.67 bits per heavy atom. The van der Waals surface area contributed by atoms with Crippen molar-refractivity contribution in [3.8, 4) is 5.75 Å². The zero-order valence-electron chi connectivity index (χ0n) is 8.11. The zero-order valence-corrected chi connectivity index (χ0v) is 8.86. The second kappa shape index (κ2) is 3.62. The van der Waals surface area contributed by atoms with Crippen LogP contribution in [0.1, 0.15) is 0 Å². The van der Waals surface area contributed by atoms with Crippen LogP contribution in [0, 0.1) is 0 Å². The lowest BCUT2D eigenvalue weighted by atomic mass is 10.2. The molecule has 1 atom stereocenters. The first-order chi connectivity index (χ1) is 7.09. The summed E-state index contributed by atoms with van der Waals surface area (Å²) >= 11 is 5.84. The number of fused-ring (bicyclic) bond motifs is 1. The molecule has 0 aliphatic carbocycles. The van der Waals surface area contributed by atoms with E-state index in [0.29, 0.717) is 16.5 Å². The molecule has 0 saturated heterocycles. The van der Waals surface area contributed by atoms with Crippen LogP contribution in [0.25, 0.3) is 0 Å². The highest BCUT2D eigenvalue weighted by atomic mass is 35.5. The predicted octanol–water partition coefficient (Wildman–Crippen LogP) is 1.62. The van der Waals surface area contributed by atoms with Crippen LogP contribution in [0.15, 0.2) is 18.2 Å². The number of hydrogen-bond donors (Lipinski definition) is 1. The van der Waals surface area contributed by atoms with Gasteiger partial charge in [0.15, 0.2) is 6.04 Å². The molecule has 0 fully saturated rings. The van der Waals surface area contributed by atoms with Gasteiger partial charge in [-0.25, -0.2) is 4.79 Å². The number of nitrogens with zero attached hydrogens (tertiary/aromatic N) is 1. The average molecular weight is 228 g/mol. The lowest BCUT2D eigenvalue weighted by Crippen LogP contribution is -2.45. The van der Waals surface area contributed by atoms with Gasteiger partial charge in [-0.3, -0.25) is 0 Å². The summed E-state index contributed by atoms with van der Waals surface area (Å²) in [5.74, 6) is -0.234. The molecular weight excluding hydrogens is 218 g/mol. The number of anilines is 1. The fraction of sp³-hybridized carbons (Fsp3) is 0.300. The standard InChI is InChI=1S/C10H10ClNO3/c1-12-7-4-6(11)2-3-9(7)15-5-8(12)10(13)14/h2-4,8H,5H2,1H3,(H,13,14). The van der Waals surface area contributed by atoms with Crippen LogP contribution in [0.2, 0.25) is 5.02 Å². The Morgan fingerprint density at radius 3 is 3.07 bits per heavy atom. The van der Waals surface area contributed by atoms with Gasteiger partial charge in [0, 0.05) is 12.1 Å². The van der Waals surface area contributed by atoms with Crippen molar-refractivity contribution in [3.63, 3.8) is 0 Å². The van der Waals surface area contributed by atoms with Gasteiger partial charge in [0.1, 0.15) is 12.4 Å². The first-order valence-electron chi connectivity index (χ1n) is 4.47. The molecule has 0 radical (unpaired) electrons. The van der Waals surface area contributed by atoms with E-state index in [-0.39, 0.29) is 6.61 Å². The molecule has 80 valence electrons. The molecule has 1 unspecified atom stereocenters. The SMILES string of the molecule is CN1c2cc(Cl)ccc2OCC1C(=O)O. The Balaban J connectivity index is 2.40. The molecule has 0 spiro atoms. The second-order valence-electron chi connectivity index (χ2n) is 3.39. The van der Waals surface area contributed by atoms with Crippen LogP contribution in [0.5, 0.6) is 5.75 Å². The number of hydrogen-bond acceptors (Lipinski definition) is 3. The van der Waals surface area contributed by atoms with E-state index in [0.717, 1.165) is 0 Å². The Morgan fingerprint density at radius 2 is 2.40 bits per heavy atom. The maximum absolute atomic E-state index is 10.9. The molecule has 15 heavy (non-hydrogen) atoms. The maximum atomic E-state index is 10.9. The van der Waals surface area contributed by atoms with Crippen molar-refractivity contribution in [3.05, 3.63) is 23.2 Å². The van der Waals surface area contributed by atoms with Crippen LogP contribution in [-0.2, 0) is 4.79 Å². The van der Waals surface area contributed by atoms with E-state index >= 15 is 0 Å². The lowest BCUT2D eigenvalue weighted by molar-refractivity contribution is -0.139. The zero-order chi connectivity index (χ0) is 11.0. The van der Waals surface area contributed by atoms with Gasteiger partial charge < -0.3 is 14.7 Å². The van der Waals surface area contributed by atoms with Crippen LogP contribution < -0.4 is 9.64 Å². The van der Waals surface area contributed by atoms with Gasteiger partial charge in [-0.1, -0.05) is 11.6 Å². The summed E-state index contributed by atoms with van der Waals surface area (Å²) in [4.78, 5) is 12.6. The minimum atomic E-state index is -0.900. The number of likely N-dealkylation sites (N-methyl/N-ethyl adjacent to an activating group) is 1. The number of carbonyl (C=O) groups is 1. The summed E-state index contributed by atoms with van der Waals surface area (Å²) < 4.78 is 5.34. The fourth-order valence-corrected chi connectivity index (χ4v) is 1.74. The predicted molar refractivity (Wildman–Crippen MR) is 56.8 cm³/mol. The number of carboxylic acid groups (broad SMARTS) is 1. The van der Waals surface area contributed by atoms with Crippen LogP contribution in [0.3, 0.4) is 0 Å². The molecule has 0 saturated carbocycles. The Hall–Kier alpha value is -1.42. The third-order valence-corrected chi connectivity index (χ3v) is 2.69. The molecule has 1 aliphatic heterocycles. The molecule has 0 aromatic heterocycles. The van der Waals surface area contributed by atoms with Crippen molar-refractivity contribution in [1.29, 1.82) is 0 Å². The van der Waals surface area contributed by atoms with Gasteiger partial charge in [0.25, 0.3) is 0 Å². The van der Waals surface area contributed by atoms with E-state index in [1.54, 1.807) is 30.1 Å². The maximum Gasteiger partial charge on any atom is 0.329 e. The fourth-order valence-electron chi connectivity index (χ4n) is 1.57. The number of ether oxygens (including phenoxy) is 1. The van der Waals surface area contributed by atoms with Crippen molar-refractivity contribution >= 4 is 23.3 Å². The first-order valence-corrected chi connectivity index (χ1v) is 4.85. The summed E-state index contributed by atoms with van der Waals surface area (Å²) in [6.45, 7) is 0.153. The van der Waals surface area contributed by atoms with Crippen LogP contribution in [0.4, 0.5) is 5.69 Å². The van der Waals surface area contributed by atoms with Crippen LogP contribution >= 0.6 is 11.6 Å². The molecule has 0 bridgehead atoms. The van der Waals surface area contributed by atoms with Gasteiger partial charge in [-0.15, -0.1) is 0 Å². The largest absolute Gasteiger partial charge is 0.489 e. The van der Waals surface area contributed by atoms with E-state index in [2.05, 4.69) is 0 Å². The molecule has 1 heterocycles. The van der Waals surface area contributed by atoms with Crippen molar-refractivity contribution < 1.29 is 14.6 Å². The normalized spacial score (nSPS) is 19.3. The topological polar surface area (TPSA) is 49.8 Å². The van der Waals surface area contributed by atoms with Gasteiger partial charge in [0.05, 0.1) is 5.69 Å². The lowest BCUT2D eigenvalue weighted by Gasteiger charge is -2.33. The van der Waals surface area contributed by atoms with Crippen molar-refractivity contribution in [2.75, 3.05) is 18.6 Å². The quantitative estimate of drug-likeness (QED) is 0.792. The number of rotatable bonds is 1. The second-order valence-corrected chi connectivity index (χ2v) is 3.82. The summed E-state index contributed by atoms with van der Waals surface area (Å²) in [6, 6.07) is 4.50. The van der Waals surface area contributed by atoms with Gasteiger partial charge in [-0.2, -0.15) is 0 Å². The minimum absolute atomic E-state index is 0.153. The molecule has 1 aromatic rings. The smallest absolute Gasteiger partial charge is 0.329 e. The van der Waals surface area contributed by atoms with E-state index < -0.39 is 12.0 Å². The van der Waals surface area contributed by atoms with Gasteiger partial charge in [0.2, 0.25) is 0 Å². The summed E-state index contributed by atoms with van der Waals surface area (Å²) in [5, 5.41) is 9.51. The van der Waals surface area contributed by atoms with Crippen LogP contribution in [-0.4, -0.2) is 30.8 Å². The monoisotopic (exact) mass is 227 g/mol. The molecule has 5 heteroatoms. The molecular formula is C10H10ClNO3. The Bertz CT molecular complexity index is 408. The van der Waals surface area contributed by atoms with Gasteiger partial charge >= 0.3 is 5.97 Å². The first kappa shape index (κ1) is 10.1. The van der Waals surface area contributed by atoms with Crippen molar-refractivity contribution in [1.82, 2.24) is 0 Å². The number of aliphatic carboxylic acids is 1. The molecule has 1 aliphatic rings. The van der Waals surface area contributed by atoms with E-state index in [1.807, 2.05) is 0 Å². The molecule has 1 N–H and O–H groups in total. The third-order valence-electron chi connectivity index (χ3n) is 2.45. The van der Waals surface area contributed by atoms with E-state index in [1.165, 1.54) is 0 Å². The van der Waals surface area contributed by atoms with Crippen molar-refractivity contribution in [2.45, 2.75) is 6.04 Å². The molecule has 4 nitrogen and oxygen atoms in total. The summed E-state index contributed by atoms with van der Waals surface area (Å²) in [5.41, 5.74) is 0.709. The van der Waals surface area contributed by atoms with E-state index in [4.69, 9.17) is 21.4 Å². The molecule has 1 aromatic carbocycles. The summed E-state index contributed by atoms with van der Waals surface area (Å²) in [7, 11) is 1.72. The number of halogens is 1. The van der Waals surface area contributed by atoms with Gasteiger partial charge in [-0.05, 0) is 18.2 Å². The Kier molecular flexibility index (Phi) is 2.44. The number of benzene rings is 1. The Labute approximate surface area is 92.0 Å². The van der Waals surface area contributed by atoms with Crippen molar-refractivity contribution in [2.24, 2.45) is 0 Å². The highest BCUT2D eigenvalue weighted by Crippen LogP contribution is 2.34. The summed E-state index contributed by atoms with van der Waals surface area (Å²) in [6.07, 6.45) is 0. The number of carboxylic acids is 1.